The molecule has 2 aliphatic rings. The normalized spacial score (nSPS) is 23.5. The number of rotatable bonds is 5. The summed E-state index contributed by atoms with van der Waals surface area (Å²) in [6.07, 6.45) is 8.93. The topological polar surface area (TPSA) is 85.8 Å². The first-order chi connectivity index (χ1) is 14.5. The van der Waals surface area contributed by atoms with E-state index < -0.39 is 15.4 Å². The average molecular weight is 453 g/mol. The third kappa shape index (κ3) is 7.17. The standard InChI is InChI=1S/C23H36N2O5S/c1-23(2,3)30-22(26)25-13-11-17(12-14-25)16-29-20-8-5-18(6-9-20)19-7-10-21(24-15-19)31(4,27)28/h7,10,15,17-18,20H,5-6,8-9,11-14,16H2,1-4H3/t18-,20-. The lowest BCUT2D eigenvalue weighted by molar-refractivity contribution is -0.0143. The lowest BCUT2D eigenvalue weighted by Crippen LogP contribution is -2.42. The van der Waals surface area contributed by atoms with Crippen molar-refractivity contribution < 1.29 is 22.7 Å². The van der Waals surface area contributed by atoms with E-state index in [2.05, 4.69) is 4.98 Å². The van der Waals surface area contributed by atoms with Gasteiger partial charge in [-0.25, -0.2) is 18.2 Å². The summed E-state index contributed by atoms with van der Waals surface area (Å²) in [7, 11) is -3.25. The molecule has 1 saturated carbocycles. The second kappa shape index (κ2) is 9.86. The van der Waals surface area contributed by atoms with Crippen LogP contribution in [0.2, 0.25) is 0 Å². The van der Waals surface area contributed by atoms with E-state index in [1.807, 2.05) is 26.8 Å². The molecule has 7 nitrogen and oxygen atoms in total. The van der Waals surface area contributed by atoms with Crippen molar-refractivity contribution in [1.82, 2.24) is 9.88 Å². The minimum Gasteiger partial charge on any atom is -0.444 e. The number of piperidine rings is 1. The van der Waals surface area contributed by atoms with E-state index in [1.54, 1.807) is 17.2 Å². The van der Waals surface area contributed by atoms with Crippen LogP contribution in [0.1, 0.15) is 70.8 Å². The van der Waals surface area contributed by atoms with E-state index in [0.29, 0.717) is 11.8 Å². The number of pyridine rings is 1. The molecule has 31 heavy (non-hydrogen) atoms. The van der Waals surface area contributed by atoms with Gasteiger partial charge < -0.3 is 14.4 Å². The molecule has 1 aromatic heterocycles. The molecule has 8 heteroatoms. The maximum atomic E-state index is 12.2. The molecule has 0 unspecified atom stereocenters. The van der Waals surface area contributed by atoms with Crippen molar-refractivity contribution in [2.45, 2.75) is 81.9 Å². The third-order valence-corrected chi connectivity index (χ3v) is 7.12. The summed E-state index contributed by atoms with van der Waals surface area (Å²) in [5.41, 5.74) is 0.655. The van der Waals surface area contributed by atoms with Crippen molar-refractivity contribution in [3.63, 3.8) is 0 Å². The SMILES string of the molecule is CC(C)(C)OC(=O)N1CCC(CO[C@H]2CC[C@H](c3ccc(S(C)(=O)=O)nc3)CC2)CC1. The van der Waals surface area contributed by atoms with Crippen molar-refractivity contribution in [1.29, 1.82) is 0 Å². The Hall–Kier alpha value is -1.67. The quantitative estimate of drug-likeness (QED) is 0.666. The number of ether oxygens (including phenoxy) is 2. The van der Waals surface area contributed by atoms with Crippen molar-refractivity contribution in [3.05, 3.63) is 23.9 Å². The molecule has 3 rings (SSSR count). The summed E-state index contributed by atoms with van der Waals surface area (Å²) in [6, 6.07) is 3.50. The fraction of sp³-hybridized carbons (Fsp3) is 0.739. The van der Waals surface area contributed by atoms with Gasteiger partial charge in [0.15, 0.2) is 14.9 Å². The summed E-state index contributed by atoms with van der Waals surface area (Å²) in [5, 5.41) is 0.131. The second-order valence-corrected chi connectivity index (χ2v) is 11.9. The van der Waals surface area contributed by atoms with E-state index in [9.17, 15) is 13.2 Å². The van der Waals surface area contributed by atoms with Gasteiger partial charge in [-0.2, -0.15) is 0 Å². The van der Waals surface area contributed by atoms with Crippen LogP contribution >= 0.6 is 0 Å². The van der Waals surface area contributed by atoms with Crippen LogP contribution in [0.15, 0.2) is 23.4 Å². The van der Waals surface area contributed by atoms with E-state index >= 15 is 0 Å². The van der Waals surface area contributed by atoms with Crippen LogP contribution in [0.4, 0.5) is 4.79 Å². The summed E-state index contributed by atoms with van der Waals surface area (Å²) in [6.45, 7) is 7.88. The number of sulfone groups is 1. The highest BCUT2D eigenvalue weighted by molar-refractivity contribution is 7.90. The fourth-order valence-electron chi connectivity index (χ4n) is 4.30. The van der Waals surface area contributed by atoms with Gasteiger partial charge in [-0.05, 0) is 82.8 Å². The number of carbonyl (C=O) groups is 1. The van der Waals surface area contributed by atoms with Gasteiger partial charge in [-0.3, -0.25) is 0 Å². The minimum atomic E-state index is -3.25. The molecule has 1 amide bonds. The van der Waals surface area contributed by atoms with Gasteiger partial charge in [0.1, 0.15) is 5.60 Å². The van der Waals surface area contributed by atoms with Gasteiger partial charge in [-0.1, -0.05) is 6.07 Å². The summed E-state index contributed by atoms with van der Waals surface area (Å²) in [5.74, 6) is 0.905. The van der Waals surface area contributed by atoms with E-state index in [0.717, 1.165) is 63.8 Å². The van der Waals surface area contributed by atoms with Crippen LogP contribution in [0.3, 0.4) is 0 Å². The van der Waals surface area contributed by atoms with Gasteiger partial charge >= 0.3 is 6.09 Å². The Bertz CT molecular complexity index is 832. The molecular formula is C23H36N2O5S. The van der Waals surface area contributed by atoms with Crippen molar-refractivity contribution >= 4 is 15.9 Å². The maximum absolute atomic E-state index is 12.2. The molecule has 1 saturated heterocycles. The predicted octanol–water partition coefficient (Wildman–Crippen LogP) is 4.18. The molecule has 2 fully saturated rings. The Kier molecular flexibility index (Phi) is 7.63. The number of likely N-dealkylation sites (tertiary alicyclic amines) is 1. The molecule has 0 radical (unpaired) electrons. The molecule has 174 valence electrons. The van der Waals surface area contributed by atoms with Crippen LogP contribution < -0.4 is 0 Å². The van der Waals surface area contributed by atoms with Crippen molar-refractivity contribution in [2.75, 3.05) is 26.0 Å². The summed E-state index contributed by atoms with van der Waals surface area (Å²) in [4.78, 5) is 18.1. The number of nitrogens with zero attached hydrogens (tertiary/aromatic N) is 2. The molecule has 0 spiro atoms. The van der Waals surface area contributed by atoms with E-state index in [-0.39, 0.29) is 17.2 Å². The summed E-state index contributed by atoms with van der Waals surface area (Å²) >= 11 is 0. The lowest BCUT2D eigenvalue weighted by atomic mass is 9.83. The first kappa shape index (κ1) is 24.0. The van der Waals surface area contributed by atoms with Crippen LogP contribution in [-0.4, -0.2) is 62.1 Å². The van der Waals surface area contributed by atoms with Crippen LogP contribution in [0, 0.1) is 5.92 Å². The Morgan fingerprint density at radius 1 is 1.10 bits per heavy atom. The molecule has 0 aromatic carbocycles. The minimum absolute atomic E-state index is 0.131. The first-order valence-electron chi connectivity index (χ1n) is 11.3. The number of hydrogen-bond donors (Lipinski definition) is 0. The van der Waals surface area contributed by atoms with Gasteiger partial charge in [0, 0.05) is 32.1 Å². The molecule has 1 aliphatic carbocycles. The Balaban J connectivity index is 1.37. The highest BCUT2D eigenvalue weighted by Gasteiger charge is 2.28. The Morgan fingerprint density at radius 2 is 1.74 bits per heavy atom. The maximum Gasteiger partial charge on any atom is 0.410 e. The smallest absolute Gasteiger partial charge is 0.410 e. The molecule has 2 heterocycles. The highest BCUT2D eigenvalue weighted by atomic mass is 32.2. The number of hydrogen-bond acceptors (Lipinski definition) is 6. The molecule has 1 aromatic rings. The predicted molar refractivity (Wildman–Crippen MR) is 119 cm³/mol. The van der Waals surface area contributed by atoms with Crippen LogP contribution in [0.5, 0.6) is 0 Å². The third-order valence-electron chi connectivity index (χ3n) is 6.12. The van der Waals surface area contributed by atoms with Gasteiger partial charge in [-0.15, -0.1) is 0 Å². The first-order valence-corrected chi connectivity index (χ1v) is 13.2. The van der Waals surface area contributed by atoms with Crippen molar-refractivity contribution in [3.8, 4) is 0 Å². The van der Waals surface area contributed by atoms with Gasteiger partial charge in [0.2, 0.25) is 0 Å². The molecular weight excluding hydrogens is 416 g/mol. The van der Waals surface area contributed by atoms with Crippen LogP contribution in [0.25, 0.3) is 0 Å². The van der Waals surface area contributed by atoms with Gasteiger partial charge in [0.05, 0.1) is 6.10 Å². The molecule has 1 aliphatic heterocycles. The average Bonchev–Trinajstić information content (AvgIpc) is 2.71. The number of aromatic nitrogens is 1. The molecule has 0 bridgehead atoms. The van der Waals surface area contributed by atoms with Crippen molar-refractivity contribution in [2.24, 2.45) is 5.92 Å². The Morgan fingerprint density at radius 3 is 2.26 bits per heavy atom. The highest BCUT2D eigenvalue weighted by Crippen LogP contribution is 2.34. The molecule has 0 N–H and O–H groups in total. The number of carbonyl (C=O) groups excluding carboxylic acids is 1. The Labute approximate surface area is 186 Å². The fourth-order valence-corrected chi connectivity index (χ4v) is 4.86. The monoisotopic (exact) mass is 452 g/mol. The van der Waals surface area contributed by atoms with Crippen LogP contribution in [-0.2, 0) is 19.3 Å². The lowest BCUT2D eigenvalue weighted by Gasteiger charge is -2.34. The van der Waals surface area contributed by atoms with E-state index in [4.69, 9.17) is 9.47 Å². The zero-order valence-corrected chi connectivity index (χ0v) is 20.0. The van der Waals surface area contributed by atoms with Gasteiger partial charge in [0.25, 0.3) is 0 Å². The second-order valence-electron chi connectivity index (χ2n) is 9.92. The zero-order valence-electron chi connectivity index (χ0n) is 19.2. The number of amides is 1. The summed E-state index contributed by atoms with van der Waals surface area (Å²) < 4.78 is 34.8. The van der Waals surface area contributed by atoms with E-state index in [1.165, 1.54) is 6.26 Å². The largest absolute Gasteiger partial charge is 0.444 e. The molecule has 0 atom stereocenters. The zero-order chi connectivity index (χ0) is 22.6.